The molecule has 2 saturated heterocycles. The first kappa shape index (κ1) is 13.7. The maximum atomic E-state index is 13.6. The summed E-state index contributed by atoms with van der Waals surface area (Å²) < 4.78 is 50.8. The predicted molar refractivity (Wildman–Crippen MR) is 67.1 cm³/mol. The SMILES string of the molecule is Fc1cc(F)c(NC2CCOC3(CCOC3)C2)cc1F. The van der Waals surface area contributed by atoms with Gasteiger partial charge in [0.25, 0.3) is 0 Å². The summed E-state index contributed by atoms with van der Waals surface area (Å²) in [7, 11) is 0. The Labute approximate surface area is 115 Å². The molecular formula is C14H16F3NO2. The van der Waals surface area contributed by atoms with Crippen LogP contribution < -0.4 is 5.32 Å². The number of benzene rings is 1. The second-order valence-corrected chi connectivity index (χ2v) is 5.41. The highest BCUT2D eigenvalue weighted by Crippen LogP contribution is 2.34. The van der Waals surface area contributed by atoms with E-state index in [1.807, 2.05) is 0 Å². The Bertz CT molecular complexity index is 503. The molecule has 3 nitrogen and oxygen atoms in total. The van der Waals surface area contributed by atoms with Crippen molar-refractivity contribution in [2.45, 2.75) is 30.9 Å². The van der Waals surface area contributed by atoms with E-state index < -0.39 is 17.5 Å². The Morgan fingerprint density at radius 1 is 1.10 bits per heavy atom. The van der Waals surface area contributed by atoms with Crippen molar-refractivity contribution in [2.24, 2.45) is 0 Å². The molecule has 0 aliphatic carbocycles. The summed E-state index contributed by atoms with van der Waals surface area (Å²) in [4.78, 5) is 0. The fourth-order valence-electron chi connectivity index (χ4n) is 2.87. The molecule has 2 heterocycles. The molecule has 3 rings (SSSR count). The van der Waals surface area contributed by atoms with E-state index in [-0.39, 0.29) is 17.3 Å². The fourth-order valence-corrected chi connectivity index (χ4v) is 2.87. The van der Waals surface area contributed by atoms with Crippen LogP contribution in [0.3, 0.4) is 0 Å². The molecule has 0 amide bonds. The first-order chi connectivity index (χ1) is 9.58. The number of hydrogen-bond donors (Lipinski definition) is 1. The Kier molecular flexibility index (Phi) is 3.60. The van der Waals surface area contributed by atoms with E-state index in [9.17, 15) is 13.2 Å². The van der Waals surface area contributed by atoms with Gasteiger partial charge in [0.15, 0.2) is 11.6 Å². The van der Waals surface area contributed by atoms with E-state index in [0.29, 0.717) is 38.7 Å². The third kappa shape index (κ3) is 2.62. The van der Waals surface area contributed by atoms with Crippen LogP contribution in [0.4, 0.5) is 18.9 Å². The minimum absolute atomic E-state index is 0.00938. The lowest BCUT2D eigenvalue weighted by Crippen LogP contribution is -2.45. The van der Waals surface area contributed by atoms with Crippen LogP contribution in [0.5, 0.6) is 0 Å². The lowest BCUT2D eigenvalue weighted by Gasteiger charge is -2.37. The normalized spacial score (nSPS) is 29.9. The minimum atomic E-state index is -1.18. The Morgan fingerprint density at radius 2 is 1.90 bits per heavy atom. The Morgan fingerprint density at radius 3 is 2.65 bits per heavy atom. The van der Waals surface area contributed by atoms with Crippen molar-refractivity contribution in [3.63, 3.8) is 0 Å². The fraction of sp³-hybridized carbons (Fsp3) is 0.571. The predicted octanol–water partition coefficient (Wildman–Crippen LogP) is 2.85. The topological polar surface area (TPSA) is 30.5 Å². The summed E-state index contributed by atoms with van der Waals surface area (Å²) in [6, 6.07) is 1.38. The third-order valence-electron chi connectivity index (χ3n) is 3.93. The van der Waals surface area contributed by atoms with E-state index in [1.165, 1.54) is 0 Å². The van der Waals surface area contributed by atoms with Gasteiger partial charge < -0.3 is 14.8 Å². The van der Waals surface area contributed by atoms with Crippen molar-refractivity contribution in [1.29, 1.82) is 0 Å². The summed E-state index contributed by atoms with van der Waals surface area (Å²) in [6.07, 6.45) is 2.18. The molecule has 1 N–H and O–H groups in total. The Hall–Kier alpha value is -1.27. The van der Waals surface area contributed by atoms with Crippen LogP contribution in [-0.4, -0.2) is 31.5 Å². The first-order valence-corrected chi connectivity index (χ1v) is 6.71. The smallest absolute Gasteiger partial charge is 0.161 e. The van der Waals surface area contributed by atoms with Crippen LogP contribution in [0.25, 0.3) is 0 Å². The summed E-state index contributed by atoms with van der Waals surface area (Å²) in [5, 5.41) is 2.95. The van der Waals surface area contributed by atoms with E-state index in [0.717, 1.165) is 12.5 Å². The molecule has 0 saturated carbocycles. The molecule has 0 aromatic heterocycles. The van der Waals surface area contributed by atoms with Crippen LogP contribution >= 0.6 is 0 Å². The van der Waals surface area contributed by atoms with Gasteiger partial charge in [-0.15, -0.1) is 0 Å². The van der Waals surface area contributed by atoms with Gasteiger partial charge in [0.05, 0.1) is 17.9 Å². The Balaban J connectivity index is 1.73. The van der Waals surface area contributed by atoms with Crippen LogP contribution in [0.1, 0.15) is 19.3 Å². The number of ether oxygens (including phenoxy) is 2. The lowest BCUT2D eigenvalue weighted by molar-refractivity contribution is -0.0829. The molecule has 6 heteroatoms. The number of rotatable bonds is 2. The van der Waals surface area contributed by atoms with E-state index in [2.05, 4.69) is 5.32 Å². The molecule has 2 fully saturated rings. The van der Waals surface area contributed by atoms with Crippen LogP contribution in [-0.2, 0) is 9.47 Å². The highest BCUT2D eigenvalue weighted by Gasteiger charge is 2.41. The van der Waals surface area contributed by atoms with E-state index in [4.69, 9.17) is 9.47 Å². The minimum Gasteiger partial charge on any atom is -0.380 e. The second kappa shape index (κ2) is 5.26. The molecule has 1 spiro atoms. The van der Waals surface area contributed by atoms with Gasteiger partial charge in [0.2, 0.25) is 0 Å². The van der Waals surface area contributed by atoms with Gasteiger partial charge in [0, 0.05) is 37.8 Å². The first-order valence-electron chi connectivity index (χ1n) is 6.71. The molecule has 2 aliphatic rings. The highest BCUT2D eigenvalue weighted by atomic mass is 19.2. The van der Waals surface area contributed by atoms with Crippen molar-refractivity contribution < 1.29 is 22.6 Å². The van der Waals surface area contributed by atoms with Gasteiger partial charge in [-0.25, -0.2) is 13.2 Å². The number of nitrogens with one attached hydrogen (secondary N) is 1. The maximum Gasteiger partial charge on any atom is 0.161 e. The van der Waals surface area contributed by atoms with E-state index >= 15 is 0 Å². The number of halogens is 3. The molecule has 0 radical (unpaired) electrons. The zero-order valence-electron chi connectivity index (χ0n) is 10.9. The largest absolute Gasteiger partial charge is 0.380 e. The van der Waals surface area contributed by atoms with Crippen molar-refractivity contribution in [3.8, 4) is 0 Å². The highest BCUT2D eigenvalue weighted by molar-refractivity contribution is 5.46. The maximum absolute atomic E-state index is 13.6. The van der Waals surface area contributed by atoms with E-state index in [1.54, 1.807) is 0 Å². The van der Waals surface area contributed by atoms with Crippen LogP contribution in [0.15, 0.2) is 12.1 Å². The molecule has 1 aromatic rings. The molecule has 110 valence electrons. The standard InChI is InChI=1S/C14H16F3NO2/c15-10-5-12(17)13(6-11(10)16)18-9-1-3-20-14(7-9)2-4-19-8-14/h5-6,9,18H,1-4,7-8H2. The summed E-state index contributed by atoms with van der Waals surface area (Å²) in [5.74, 6) is -3.02. The van der Waals surface area contributed by atoms with Gasteiger partial charge in [0.1, 0.15) is 5.82 Å². The third-order valence-corrected chi connectivity index (χ3v) is 3.93. The van der Waals surface area contributed by atoms with Crippen molar-refractivity contribution >= 4 is 5.69 Å². The molecule has 2 unspecified atom stereocenters. The second-order valence-electron chi connectivity index (χ2n) is 5.41. The van der Waals surface area contributed by atoms with Gasteiger partial charge in [-0.1, -0.05) is 0 Å². The van der Waals surface area contributed by atoms with Crippen molar-refractivity contribution in [2.75, 3.05) is 25.1 Å². The summed E-state index contributed by atoms with van der Waals surface area (Å²) in [6.45, 7) is 1.74. The molecule has 2 aliphatic heterocycles. The summed E-state index contributed by atoms with van der Waals surface area (Å²) >= 11 is 0. The van der Waals surface area contributed by atoms with Crippen LogP contribution in [0, 0.1) is 17.5 Å². The van der Waals surface area contributed by atoms with Crippen molar-refractivity contribution in [3.05, 3.63) is 29.6 Å². The average Bonchev–Trinajstić information content (AvgIpc) is 2.84. The van der Waals surface area contributed by atoms with Crippen molar-refractivity contribution in [1.82, 2.24) is 0 Å². The average molecular weight is 287 g/mol. The molecule has 2 atom stereocenters. The van der Waals surface area contributed by atoms with Gasteiger partial charge in [-0.05, 0) is 12.8 Å². The van der Waals surface area contributed by atoms with Gasteiger partial charge in [-0.2, -0.15) is 0 Å². The van der Waals surface area contributed by atoms with Crippen LogP contribution in [0.2, 0.25) is 0 Å². The van der Waals surface area contributed by atoms with Gasteiger partial charge >= 0.3 is 0 Å². The zero-order chi connectivity index (χ0) is 14.2. The quantitative estimate of drug-likeness (QED) is 0.848. The molecule has 1 aromatic carbocycles. The summed E-state index contributed by atoms with van der Waals surface area (Å²) in [5.41, 5.74) is -0.324. The zero-order valence-corrected chi connectivity index (χ0v) is 10.9. The van der Waals surface area contributed by atoms with Gasteiger partial charge in [-0.3, -0.25) is 0 Å². The number of hydrogen-bond acceptors (Lipinski definition) is 3. The molecular weight excluding hydrogens is 271 g/mol. The number of anilines is 1. The lowest BCUT2D eigenvalue weighted by atomic mass is 9.89. The molecule has 0 bridgehead atoms. The monoisotopic (exact) mass is 287 g/mol. The molecule has 20 heavy (non-hydrogen) atoms.